The van der Waals surface area contributed by atoms with Crippen molar-refractivity contribution in [3.05, 3.63) is 93.5 Å². The molecule has 4 N–H and O–H groups in total. The molecule has 0 saturated heterocycles. The van der Waals surface area contributed by atoms with E-state index in [-0.39, 0.29) is 23.4 Å². The number of alkyl halides is 3. The largest absolute Gasteiger partial charge is 0.436 e. The van der Waals surface area contributed by atoms with Gasteiger partial charge in [0.2, 0.25) is 0 Å². The van der Waals surface area contributed by atoms with Crippen molar-refractivity contribution in [2.45, 2.75) is 24.6 Å². The van der Waals surface area contributed by atoms with E-state index in [9.17, 15) is 18.0 Å². The van der Waals surface area contributed by atoms with Crippen molar-refractivity contribution >= 4 is 28.3 Å². The van der Waals surface area contributed by atoms with Gasteiger partial charge >= 0.3 is 6.18 Å². The molecular weight excluding hydrogens is 571 g/mol. The Balaban J connectivity index is 1.18. The Morgan fingerprint density at radius 1 is 1.07 bits per heavy atom. The number of imidazole rings is 1. The summed E-state index contributed by atoms with van der Waals surface area (Å²) in [5.74, 6) is 1.47. The molecule has 2 aromatic carbocycles. The van der Waals surface area contributed by atoms with Gasteiger partial charge in [-0.2, -0.15) is 18.3 Å². The first kappa shape index (κ1) is 24.9. The summed E-state index contributed by atoms with van der Waals surface area (Å²) >= 11 is 6.28. The fourth-order valence-corrected chi connectivity index (χ4v) is 6.22. The lowest BCUT2D eigenvalue weighted by atomic mass is 10.0. The zero-order chi connectivity index (χ0) is 28.9. The molecular formula is C28H19ClF3N9O. The standard InChI is InChI=1S/C28H19ClF3N9O/c29-14-2-4-21(40-11-23(37-39-40)28(30,31)32)16(8-14)13-6-22-17-9-18(17)25(41(22)24(42)7-13)27-34-10-20(35-27)12-1-3-15-19(5-12)36-38-26(15)33/h1-8,10-11,17-18,25H,9H2,(H,34,35)(H3,33,36,38). The van der Waals surface area contributed by atoms with Crippen LogP contribution in [0.5, 0.6) is 0 Å². The smallest absolute Gasteiger partial charge is 0.382 e. The van der Waals surface area contributed by atoms with Crippen LogP contribution in [-0.4, -0.2) is 39.7 Å². The van der Waals surface area contributed by atoms with Gasteiger partial charge < -0.3 is 15.3 Å². The van der Waals surface area contributed by atoms with Crippen LogP contribution in [0.4, 0.5) is 19.0 Å². The zero-order valence-corrected chi connectivity index (χ0v) is 22.1. The average molecular weight is 590 g/mol. The van der Waals surface area contributed by atoms with Crippen LogP contribution in [0.2, 0.25) is 5.02 Å². The fourth-order valence-electron chi connectivity index (χ4n) is 6.05. The Morgan fingerprint density at radius 3 is 2.74 bits per heavy atom. The summed E-state index contributed by atoms with van der Waals surface area (Å²) in [5, 5.41) is 15.1. The molecule has 2 aliphatic rings. The Hall–Kier alpha value is -4.91. The number of aromatic nitrogens is 8. The number of nitrogens with zero attached hydrogens (tertiary/aromatic N) is 6. The summed E-state index contributed by atoms with van der Waals surface area (Å²) in [4.78, 5) is 21.7. The van der Waals surface area contributed by atoms with Crippen LogP contribution in [0.25, 0.3) is 39.0 Å². The number of benzene rings is 2. The normalized spacial score (nSPS) is 19.3. The van der Waals surface area contributed by atoms with Gasteiger partial charge in [-0.25, -0.2) is 9.67 Å². The van der Waals surface area contributed by atoms with E-state index < -0.39 is 11.9 Å². The molecule has 3 unspecified atom stereocenters. The number of hydrogen-bond acceptors (Lipinski definition) is 6. The van der Waals surface area contributed by atoms with Crippen LogP contribution < -0.4 is 11.3 Å². The van der Waals surface area contributed by atoms with E-state index in [0.717, 1.165) is 45.2 Å². The van der Waals surface area contributed by atoms with Crippen LogP contribution >= 0.6 is 11.6 Å². The minimum Gasteiger partial charge on any atom is -0.382 e. The van der Waals surface area contributed by atoms with E-state index in [1.807, 2.05) is 24.3 Å². The number of halogens is 4. The molecule has 10 nitrogen and oxygen atoms in total. The van der Waals surface area contributed by atoms with Crippen molar-refractivity contribution in [1.82, 2.24) is 39.7 Å². The first-order valence-electron chi connectivity index (χ1n) is 13.0. The predicted molar refractivity (Wildman–Crippen MR) is 148 cm³/mol. The van der Waals surface area contributed by atoms with Gasteiger partial charge in [-0.15, -0.1) is 5.10 Å². The molecule has 3 atom stereocenters. The number of rotatable bonds is 4. The molecule has 42 heavy (non-hydrogen) atoms. The van der Waals surface area contributed by atoms with Crippen molar-refractivity contribution in [2.24, 2.45) is 5.92 Å². The highest BCUT2D eigenvalue weighted by atomic mass is 35.5. The zero-order valence-electron chi connectivity index (χ0n) is 21.4. The van der Waals surface area contributed by atoms with Crippen LogP contribution in [0.3, 0.4) is 0 Å². The second kappa shape index (κ2) is 8.55. The van der Waals surface area contributed by atoms with E-state index in [4.69, 9.17) is 17.3 Å². The molecule has 0 spiro atoms. The number of anilines is 1. The van der Waals surface area contributed by atoms with Crippen LogP contribution in [0.15, 0.2) is 65.7 Å². The van der Waals surface area contributed by atoms with E-state index in [1.54, 1.807) is 29.0 Å². The Bertz CT molecular complexity index is 2110. The molecule has 6 aromatic rings. The summed E-state index contributed by atoms with van der Waals surface area (Å²) < 4.78 is 42.4. The second-order valence-corrected chi connectivity index (χ2v) is 11.0. The van der Waals surface area contributed by atoms with Crippen LogP contribution in [0.1, 0.15) is 35.6 Å². The number of pyridine rings is 1. The maximum Gasteiger partial charge on any atom is 0.436 e. The molecule has 1 saturated carbocycles. The third-order valence-electron chi connectivity index (χ3n) is 8.08. The van der Waals surface area contributed by atoms with Crippen molar-refractivity contribution in [1.29, 1.82) is 0 Å². The molecule has 14 heteroatoms. The molecule has 1 aliphatic carbocycles. The van der Waals surface area contributed by atoms with Gasteiger partial charge in [0, 0.05) is 39.2 Å². The van der Waals surface area contributed by atoms with Crippen molar-refractivity contribution in [3.8, 4) is 28.1 Å². The highest BCUT2D eigenvalue weighted by molar-refractivity contribution is 6.31. The average Bonchev–Trinajstić information content (AvgIpc) is 3.37. The number of aromatic amines is 2. The van der Waals surface area contributed by atoms with Crippen molar-refractivity contribution < 1.29 is 13.2 Å². The maximum absolute atomic E-state index is 13.6. The topological polar surface area (TPSA) is 136 Å². The lowest BCUT2D eigenvalue weighted by Crippen LogP contribution is -2.26. The van der Waals surface area contributed by atoms with E-state index in [1.165, 1.54) is 6.07 Å². The SMILES string of the molecule is Nc1n[nH]c2cc(-c3cnc(C4C5CC5c5cc(-c6cc(Cl)ccc6-n6cc(C(F)(F)F)nn6)cc(=O)n54)[nH]3)ccc12. The number of nitrogens with one attached hydrogen (secondary N) is 2. The maximum atomic E-state index is 13.6. The first-order chi connectivity index (χ1) is 20.2. The summed E-state index contributed by atoms with van der Waals surface area (Å²) in [7, 11) is 0. The molecule has 0 bridgehead atoms. The Morgan fingerprint density at radius 2 is 1.93 bits per heavy atom. The highest BCUT2D eigenvalue weighted by Crippen LogP contribution is 2.60. The summed E-state index contributed by atoms with van der Waals surface area (Å²) in [6.45, 7) is 0. The van der Waals surface area contributed by atoms with Gasteiger partial charge in [-0.3, -0.25) is 9.89 Å². The van der Waals surface area contributed by atoms with Gasteiger partial charge in [-0.05, 0) is 54.3 Å². The number of H-pyrrole nitrogens is 2. The summed E-state index contributed by atoms with van der Waals surface area (Å²) in [6, 6.07) is 13.6. The third-order valence-corrected chi connectivity index (χ3v) is 8.32. The van der Waals surface area contributed by atoms with Gasteiger partial charge in [0.1, 0.15) is 5.82 Å². The molecule has 1 aliphatic heterocycles. The second-order valence-electron chi connectivity index (χ2n) is 10.6. The minimum atomic E-state index is -4.64. The van der Waals surface area contributed by atoms with E-state index in [2.05, 4.69) is 30.5 Å². The molecule has 4 aromatic heterocycles. The van der Waals surface area contributed by atoms with E-state index >= 15 is 0 Å². The number of nitrogen functional groups attached to an aromatic ring is 1. The van der Waals surface area contributed by atoms with Gasteiger partial charge in [-0.1, -0.05) is 22.9 Å². The lowest BCUT2D eigenvalue weighted by Gasteiger charge is -2.18. The number of nitrogens with two attached hydrogens (primary N) is 1. The van der Waals surface area contributed by atoms with Crippen molar-refractivity contribution in [3.63, 3.8) is 0 Å². The summed E-state index contributed by atoms with van der Waals surface area (Å²) in [5.41, 5.74) is 9.20. The third kappa shape index (κ3) is 3.76. The van der Waals surface area contributed by atoms with Crippen molar-refractivity contribution in [2.75, 3.05) is 5.73 Å². The molecule has 0 radical (unpaired) electrons. The fraction of sp³-hybridized carbons (Fsp3) is 0.179. The predicted octanol–water partition coefficient (Wildman–Crippen LogP) is 5.32. The Kier molecular flexibility index (Phi) is 5.06. The first-order valence-corrected chi connectivity index (χ1v) is 13.4. The lowest BCUT2D eigenvalue weighted by molar-refractivity contribution is -0.141. The van der Waals surface area contributed by atoms with Gasteiger partial charge in [0.15, 0.2) is 11.5 Å². The molecule has 8 rings (SSSR count). The minimum absolute atomic E-state index is 0.159. The van der Waals surface area contributed by atoms with Gasteiger partial charge in [0.25, 0.3) is 5.56 Å². The highest BCUT2D eigenvalue weighted by Gasteiger charge is 2.54. The molecule has 210 valence electrons. The molecule has 1 fully saturated rings. The number of hydrogen-bond donors (Lipinski definition) is 3. The quantitative estimate of drug-likeness (QED) is 0.254. The summed E-state index contributed by atoms with van der Waals surface area (Å²) in [6.07, 6.45) is -1.19. The van der Waals surface area contributed by atoms with E-state index in [0.29, 0.717) is 33.5 Å². The number of fused-ring (bicyclic) bond motifs is 4. The monoisotopic (exact) mass is 589 g/mol. The van der Waals surface area contributed by atoms with Crippen LogP contribution in [0, 0.1) is 5.92 Å². The Labute approximate surface area is 239 Å². The molecule has 5 heterocycles. The van der Waals surface area contributed by atoms with Gasteiger partial charge in [0.05, 0.1) is 35.3 Å². The molecule has 0 amide bonds. The van der Waals surface area contributed by atoms with Crippen LogP contribution in [-0.2, 0) is 6.18 Å².